The minimum atomic E-state index is -4.28. The van der Waals surface area contributed by atoms with Crippen LogP contribution in [0.5, 0.6) is 0 Å². The van der Waals surface area contributed by atoms with Gasteiger partial charge in [-0.15, -0.1) is 0 Å². The maximum atomic E-state index is 14.6. The average Bonchev–Trinajstić information content (AvgIpc) is 3.01. The van der Waals surface area contributed by atoms with Crippen molar-refractivity contribution in [2.75, 3.05) is 10.8 Å². The summed E-state index contributed by atoms with van der Waals surface area (Å²) < 4.78 is 30.2. The van der Waals surface area contributed by atoms with Crippen LogP contribution in [0, 0.1) is 6.92 Å². The Morgan fingerprint density at radius 2 is 1.50 bits per heavy atom. The molecule has 242 valence electrons. The summed E-state index contributed by atoms with van der Waals surface area (Å²) in [6.07, 6.45) is 0.915. The number of sulfonamides is 1. The number of hydrogen-bond acceptors (Lipinski definition) is 4. The number of anilines is 1. The molecule has 0 radical (unpaired) electrons. The van der Waals surface area contributed by atoms with Gasteiger partial charge in [0.25, 0.3) is 10.0 Å². The summed E-state index contributed by atoms with van der Waals surface area (Å²) in [5.41, 5.74) is 2.61. The smallest absolute Gasteiger partial charge is 0.264 e. The number of nitrogens with one attached hydrogen (secondary N) is 1. The Kier molecular flexibility index (Phi) is 12.3. The number of nitrogens with zero attached hydrogens (tertiary/aromatic N) is 2. The molecular formula is C35H36BrCl2N3O4S. The predicted octanol–water partition coefficient (Wildman–Crippen LogP) is 7.81. The predicted molar refractivity (Wildman–Crippen MR) is 189 cm³/mol. The average molecular weight is 746 g/mol. The van der Waals surface area contributed by atoms with E-state index in [2.05, 4.69) is 21.2 Å². The van der Waals surface area contributed by atoms with Gasteiger partial charge in [0, 0.05) is 33.5 Å². The second-order valence-electron chi connectivity index (χ2n) is 11.1. The minimum absolute atomic E-state index is 0.00381. The van der Waals surface area contributed by atoms with Crippen molar-refractivity contribution >= 4 is 66.7 Å². The fourth-order valence-corrected chi connectivity index (χ4v) is 7.24. The van der Waals surface area contributed by atoms with Crippen LogP contribution in [0.1, 0.15) is 37.0 Å². The van der Waals surface area contributed by atoms with Crippen LogP contribution in [-0.4, -0.2) is 43.8 Å². The second-order valence-corrected chi connectivity index (χ2v) is 14.8. The molecule has 11 heteroatoms. The summed E-state index contributed by atoms with van der Waals surface area (Å²) in [4.78, 5) is 30.0. The molecule has 0 saturated carbocycles. The van der Waals surface area contributed by atoms with Gasteiger partial charge in [-0.2, -0.15) is 0 Å². The van der Waals surface area contributed by atoms with Gasteiger partial charge in [-0.05, 0) is 73.9 Å². The van der Waals surface area contributed by atoms with Gasteiger partial charge in [-0.25, -0.2) is 8.42 Å². The Morgan fingerprint density at radius 1 is 0.870 bits per heavy atom. The molecule has 0 bridgehead atoms. The Morgan fingerprint density at radius 3 is 2.11 bits per heavy atom. The van der Waals surface area contributed by atoms with Crippen LogP contribution in [0.25, 0.3) is 0 Å². The second kappa shape index (κ2) is 16.0. The highest BCUT2D eigenvalue weighted by molar-refractivity contribution is 9.10. The third kappa shape index (κ3) is 9.35. The number of carbonyl (C=O) groups is 2. The first kappa shape index (κ1) is 35.5. The summed E-state index contributed by atoms with van der Waals surface area (Å²) in [7, 11) is -4.28. The molecule has 46 heavy (non-hydrogen) atoms. The first-order chi connectivity index (χ1) is 21.9. The SMILES string of the molecule is CC[C@H](C)NC(=O)[C@H](Cc1ccccc1)N(Cc1cccc(Br)c1)C(=O)CN(c1cc(Cl)cc(Cl)c1)S(=O)(=O)c1ccc(C)cc1. The fourth-order valence-electron chi connectivity index (χ4n) is 4.88. The van der Waals surface area contributed by atoms with Crippen LogP contribution in [0.15, 0.2) is 106 Å². The molecule has 0 heterocycles. The van der Waals surface area contributed by atoms with E-state index in [1.807, 2.05) is 75.4 Å². The number of aryl methyl sites for hydroxylation is 1. The highest BCUT2D eigenvalue weighted by atomic mass is 79.9. The van der Waals surface area contributed by atoms with E-state index in [9.17, 15) is 18.0 Å². The van der Waals surface area contributed by atoms with Crippen molar-refractivity contribution < 1.29 is 18.0 Å². The van der Waals surface area contributed by atoms with E-state index in [0.29, 0.717) is 6.42 Å². The van der Waals surface area contributed by atoms with E-state index in [0.717, 1.165) is 25.5 Å². The third-order valence-corrected chi connectivity index (χ3v) is 10.3. The van der Waals surface area contributed by atoms with Gasteiger partial charge in [0.05, 0.1) is 10.6 Å². The molecule has 0 aliphatic carbocycles. The largest absolute Gasteiger partial charge is 0.352 e. The molecule has 2 amide bonds. The van der Waals surface area contributed by atoms with Gasteiger partial charge in [0.2, 0.25) is 11.8 Å². The fraction of sp³-hybridized carbons (Fsp3) is 0.257. The lowest BCUT2D eigenvalue weighted by Crippen LogP contribution is -2.54. The first-order valence-electron chi connectivity index (χ1n) is 14.8. The monoisotopic (exact) mass is 743 g/mol. The molecule has 1 N–H and O–H groups in total. The van der Waals surface area contributed by atoms with E-state index in [4.69, 9.17) is 23.2 Å². The van der Waals surface area contributed by atoms with Crippen LogP contribution in [0.3, 0.4) is 0 Å². The Balaban J connectivity index is 1.83. The number of carbonyl (C=O) groups excluding carboxylic acids is 2. The molecule has 0 aliphatic heterocycles. The van der Waals surface area contributed by atoms with Gasteiger partial charge in [0.1, 0.15) is 12.6 Å². The zero-order valence-electron chi connectivity index (χ0n) is 25.8. The van der Waals surface area contributed by atoms with Crippen LogP contribution in [0.2, 0.25) is 10.0 Å². The summed E-state index contributed by atoms with van der Waals surface area (Å²) in [6.45, 7) is 5.16. The van der Waals surface area contributed by atoms with E-state index in [1.165, 1.54) is 35.2 Å². The van der Waals surface area contributed by atoms with Gasteiger partial charge in [-0.3, -0.25) is 13.9 Å². The normalized spacial score (nSPS) is 12.7. The Bertz CT molecular complexity index is 1750. The summed E-state index contributed by atoms with van der Waals surface area (Å²) >= 11 is 16.1. The lowest BCUT2D eigenvalue weighted by atomic mass is 10.0. The molecule has 4 rings (SSSR count). The van der Waals surface area contributed by atoms with E-state index < -0.39 is 28.5 Å². The van der Waals surface area contributed by atoms with Crippen LogP contribution in [0.4, 0.5) is 5.69 Å². The van der Waals surface area contributed by atoms with Crippen molar-refractivity contribution in [2.45, 2.75) is 57.1 Å². The lowest BCUT2D eigenvalue weighted by molar-refractivity contribution is -0.140. The van der Waals surface area contributed by atoms with Gasteiger partial charge in [-0.1, -0.05) is 106 Å². The zero-order chi connectivity index (χ0) is 33.4. The van der Waals surface area contributed by atoms with Crippen molar-refractivity contribution in [3.63, 3.8) is 0 Å². The number of halogens is 3. The molecule has 0 spiro atoms. The topological polar surface area (TPSA) is 86.8 Å². The highest BCUT2D eigenvalue weighted by Gasteiger charge is 2.35. The Hall–Kier alpha value is -3.37. The third-order valence-electron chi connectivity index (χ3n) is 7.54. The molecule has 4 aromatic carbocycles. The molecule has 0 unspecified atom stereocenters. The summed E-state index contributed by atoms with van der Waals surface area (Å²) in [5, 5.41) is 3.45. The summed E-state index contributed by atoms with van der Waals surface area (Å²) in [5.74, 6) is -0.910. The van der Waals surface area contributed by atoms with Crippen molar-refractivity contribution in [3.8, 4) is 0 Å². The quantitative estimate of drug-likeness (QED) is 0.151. The maximum Gasteiger partial charge on any atom is 0.264 e. The van der Waals surface area contributed by atoms with E-state index >= 15 is 0 Å². The van der Waals surface area contributed by atoms with Crippen molar-refractivity contribution in [1.29, 1.82) is 0 Å². The standard InChI is InChI=1S/C35H36BrCl2N3O4S/c1-4-25(3)39-35(43)33(18-26-9-6-5-7-10-26)40(22-27-11-8-12-28(36)17-27)34(42)23-41(31-20-29(37)19-30(38)21-31)46(44,45)32-15-13-24(2)14-16-32/h5-17,19-21,25,33H,4,18,22-23H2,1-3H3,(H,39,43)/t25-,33-/m0/s1. The number of rotatable bonds is 13. The highest BCUT2D eigenvalue weighted by Crippen LogP contribution is 2.30. The minimum Gasteiger partial charge on any atom is -0.352 e. The molecule has 0 saturated heterocycles. The first-order valence-corrected chi connectivity index (χ1v) is 17.8. The number of amides is 2. The molecular weight excluding hydrogens is 709 g/mol. The van der Waals surface area contributed by atoms with Crippen LogP contribution >= 0.6 is 39.1 Å². The molecule has 2 atom stereocenters. The summed E-state index contributed by atoms with van der Waals surface area (Å²) in [6, 6.07) is 26.5. The molecule has 7 nitrogen and oxygen atoms in total. The number of hydrogen-bond donors (Lipinski definition) is 1. The lowest BCUT2D eigenvalue weighted by Gasteiger charge is -2.34. The molecule has 0 aromatic heterocycles. The van der Waals surface area contributed by atoms with E-state index in [-0.39, 0.29) is 45.5 Å². The molecule has 4 aromatic rings. The molecule has 0 fully saturated rings. The zero-order valence-corrected chi connectivity index (χ0v) is 29.7. The van der Waals surface area contributed by atoms with Crippen LogP contribution < -0.4 is 9.62 Å². The van der Waals surface area contributed by atoms with Gasteiger partial charge in [0.15, 0.2) is 0 Å². The van der Waals surface area contributed by atoms with Crippen molar-refractivity contribution in [2.24, 2.45) is 0 Å². The van der Waals surface area contributed by atoms with E-state index in [1.54, 1.807) is 12.1 Å². The number of benzene rings is 4. The Labute approximate surface area is 289 Å². The van der Waals surface area contributed by atoms with Crippen molar-refractivity contribution in [3.05, 3.63) is 128 Å². The van der Waals surface area contributed by atoms with Gasteiger partial charge >= 0.3 is 0 Å². The maximum absolute atomic E-state index is 14.6. The van der Waals surface area contributed by atoms with Gasteiger partial charge < -0.3 is 10.2 Å². The molecule has 0 aliphatic rings. The van der Waals surface area contributed by atoms with Crippen molar-refractivity contribution in [1.82, 2.24) is 10.2 Å². The van der Waals surface area contributed by atoms with Crippen LogP contribution in [-0.2, 0) is 32.6 Å².